The molecule has 7 rings (SSSR count). The third-order valence-electron chi connectivity index (χ3n) is 10.8. The molecule has 2 fully saturated rings. The molecule has 0 radical (unpaired) electrons. The summed E-state index contributed by atoms with van der Waals surface area (Å²) in [6.07, 6.45) is 9.38. The summed E-state index contributed by atoms with van der Waals surface area (Å²) in [6, 6.07) is 16.7. The van der Waals surface area contributed by atoms with Crippen molar-refractivity contribution in [3.05, 3.63) is 96.2 Å². The first-order valence-electron chi connectivity index (χ1n) is 22.2. The molecule has 7 N–H and O–H groups in total. The zero-order chi connectivity index (χ0) is 51.0. The largest absolute Gasteiger partial charge is 0.481 e. The van der Waals surface area contributed by atoms with Crippen LogP contribution in [0.5, 0.6) is 0 Å². The van der Waals surface area contributed by atoms with E-state index in [1.54, 1.807) is 47.9 Å². The minimum atomic E-state index is -0.850. The van der Waals surface area contributed by atoms with Crippen molar-refractivity contribution >= 4 is 36.0 Å². The summed E-state index contributed by atoms with van der Waals surface area (Å²) in [4.78, 5) is 48.7. The van der Waals surface area contributed by atoms with E-state index in [1.807, 2.05) is 83.7 Å². The molecule has 2 aliphatic heterocycles. The molecule has 2 aromatic carbocycles. The molecule has 69 heavy (non-hydrogen) atoms. The number of piperidine rings is 2. The van der Waals surface area contributed by atoms with E-state index < -0.39 is 11.9 Å². The molecule has 0 spiro atoms. The van der Waals surface area contributed by atoms with Crippen LogP contribution in [-0.2, 0) is 10.2 Å². The molecular weight excluding hydrogens is 908 g/mol. The van der Waals surface area contributed by atoms with Gasteiger partial charge in [0.15, 0.2) is 5.82 Å². The fraction of sp³-hybridized carbons (Fsp3) is 0.511. The van der Waals surface area contributed by atoms with Gasteiger partial charge in [0.25, 0.3) is 11.8 Å². The van der Waals surface area contributed by atoms with Crippen LogP contribution in [0, 0.1) is 28.1 Å². The molecule has 0 aliphatic carbocycles. The van der Waals surface area contributed by atoms with Crippen LogP contribution in [0.15, 0.2) is 83.0 Å². The Balaban J connectivity index is 0.000000362. The van der Waals surface area contributed by atoms with Crippen LogP contribution in [-0.4, -0.2) is 114 Å². The van der Waals surface area contributed by atoms with Gasteiger partial charge in [0.05, 0.1) is 65.2 Å². The van der Waals surface area contributed by atoms with E-state index in [9.17, 15) is 19.5 Å². The van der Waals surface area contributed by atoms with E-state index in [0.29, 0.717) is 53.6 Å². The minimum absolute atomic E-state index is 0. The molecule has 2 amide bonds. The summed E-state index contributed by atoms with van der Waals surface area (Å²) in [5.74, 6) is 3.52. The van der Waals surface area contributed by atoms with Gasteiger partial charge >= 0.3 is 5.97 Å². The maximum Gasteiger partial charge on any atom is 0.308 e. The van der Waals surface area contributed by atoms with Crippen LogP contribution < -0.4 is 11.6 Å². The van der Waals surface area contributed by atoms with Crippen molar-refractivity contribution in [1.82, 2.24) is 49.9 Å². The molecule has 0 bridgehead atoms. The van der Waals surface area contributed by atoms with Crippen LogP contribution >= 0.6 is 12.4 Å². The lowest BCUT2D eigenvalue weighted by molar-refractivity contribution is -0.143. The summed E-state index contributed by atoms with van der Waals surface area (Å²) >= 11 is 0. The lowest BCUT2D eigenvalue weighted by atomic mass is 9.92. The van der Waals surface area contributed by atoms with Crippen molar-refractivity contribution in [1.29, 1.82) is 5.26 Å². The maximum atomic E-state index is 13.5. The van der Waals surface area contributed by atoms with Gasteiger partial charge in [0, 0.05) is 41.4 Å². The van der Waals surface area contributed by atoms with Gasteiger partial charge in [-0.15, -0.1) is 12.4 Å². The predicted molar refractivity (Wildman–Crippen MR) is 260 cm³/mol. The van der Waals surface area contributed by atoms with Crippen LogP contribution in [0.4, 0.5) is 0 Å². The Morgan fingerprint density at radius 1 is 0.739 bits per heavy atom. The van der Waals surface area contributed by atoms with Crippen molar-refractivity contribution in [3.8, 4) is 17.4 Å². The van der Waals surface area contributed by atoms with Crippen LogP contribution in [0.3, 0.4) is 0 Å². The number of carbonyl (C=O) groups is 3. The summed E-state index contributed by atoms with van der Waals surface area (Å²) < 4.78 is 5.56. The number of rotatable bonds is 6. The number of hydrogen-bond donors (Lipinski definition) is 5. The first-order valence-corrected chi connectivity index (χ1v) is 22.2. The minimum Gasteiger partial charge on any atom is -0.481 e. The lowest BCUT2D eigenvalue weighted by Gasteiger charge is -2.37. The number of carboxylic acids is 1. The van der Waals surface area contributed by atoms with Gasteiger partial charge in [-0.05, 0) is 84.6 Å². The highest BCUT2D eigenvalue weighted by Gasteiger charge is 2.36. The SMILES string of the molecule is CC(C)(C)C#N.CC(C)(C)C(N)=NO.C[C@@H]1CC[C@@H](C(=O)O)CN1C(=O)c1ccccc1-n1nccn1.C[C@@H]1CC[C@@H](c2nc(C(C)(C)C)no2)CN1C(=O)c1ccccc1-n1nccn1.Cl.NO. The Hall–Kier alpha value is -6.76. The predicted octanol–water partition coefficient (Wildman–Crippen LogP) is 7.04. The Morgan fingerprint density at radius 3 is 1.52 bits per heavy atom. The zero-order valence-corrected chi connectivity index (χ0v) is 42.2. The lowest BCUT2D eigenvalue weighted by Crippen LogP contribution is -2.47. The molecule has 0 unspecified atom stereocenters. The number of benzene rings is 2. The number of amides is 2. The standard InChI is InChI=1S/C21H26N6O2.C16H18N4O3.C5H12N2O.C5H9N.ClH.H3NO/c1-14-9-10-15(18-24-20(25-29-18)21(2,3)4)13-26(14)19(28)16-7-5-6-8-17(16)27-22-11-12-23-27;1-11-6-7-12(16(22)23)10-19(11)15(21)13-4-2-3-5-14(13)20-17-8-9-18-20;1-5(2,3)4(6)7-8;1-5(2,3)4-6;;1-2/h5-8,11-12,14-15H,9-10,13H2,1-4H3;2-5,8-9,11-12H,6-7,10H2,1H3,(H,22,23);8H,1-3H3,(H2,6,7);1-3H3;1H;2H,1H2/t14-,15-;11-,12-;;;;/m11..../s1. The molecule has 5 heterocycles. The van der Waals surface area contributed by atoms with Crippen molar-refractivity contribution in [3.63, 3.8) is 0 Å². The number of halogens is 1. The molecule has 21 nitrogen and oxygen atoms in total. The highest BCUT2D eigenvalue weighted by molar-refractivity contribution is 5.98. The summed E-state index contributed by atoms with van der Waals surface area (Å²) in [5.41, 5.74) is 7.03. The van der Waals surface area contributed by atoms with Crippen molar-refractivity contribution in [2.45, 2.75) is 125 Å². The molecule has 5 aromatic rings. The molecule has 376 valence electrons. The Kier molecular flexibility index (Phi) is 22.1. The Bertz CT molecular complexity index is 2430. The number of para-hydroxylation sites is 2. The third-order valence-corrected chi connectivity index (χ3v) is 10.8. The van der Waals surface area contributed by atoms with Crippen LogP contribution in [0.25, 0.3) is 11.4 Å². The van der Waals surface area contributed by atoms with Crippen molar-refractivity contribution in [2.75, 3.05) is 13.1 Å². The zero-order valence-electron chi connectivity index (χ0n) is 41.4. The van der Waals surface area contributed by atoms with E-state index in [0.717, 1.165) is 12.8 Å². The molecular formula is C47H69ClN14O7. The summed E-state index contributed by atoms with van der Waals surface area (Å²) in [5, 5.41) is 55.5. The second-order valence-electron chi connectivity index (χ2n) is 19.5. The Labute approximate surface area is 409 Å². The number of aromatic nitrogens is 8. The summed E-state index contributed by atoms with van der Waals surface area (Å²) in [7, 11) is 0. The monoisotopic (exact) mass is 977 g/mol. The van der Waals surface area contributed by atoms with E-state index in [4.69, 9.17) is 25.9 Å². The van der Waals surface area contributed by atoms with Crippen LogP contribution in [0.1, 0.15) is 140 Å². The number of nitrogens with two attached hydrogens (primary N) is 2. The smallest absolute Gasteiger partial charge is 0.308 e. The van der Waals surface area contributed by atoms with Gasteiger partial charge < -0.3 is 35.6 Å². The van der Waals surface area contributed by atoms with E-state index in [-0.39, 0.29) is 70.8 Å². The van der Waals surface area contributed by atoms with Gasteiger partial charge in [-0.2, -0.15) is 40.2 Å². The molecule has 3 aromatic heterocycles. The number of aliphatic carboxylic acids is 1. The molecule has 4 atom stereocenters. The van der Waals surface area contributed by atoms with E-state index in [1.165, 1.54) is 9.59 Å². The highest BCUT2D eigenvalue weighted by atomic mass is 35.5. The third kappa shape index (κ3) is 16.8. The number of amidine groups is 1. The quantitative estimate of drug-likeness (QED) is 0.0493. The van der Waals surface area contributed by atoms with Gasteiger partial charge in [0.2, 0.25) is 5.89 Å². The van der Waals surface area contributed by atoms with E-state index in [2.05, 4.69) is 75.4 Å². The number of oxime groups is 1. The van der Waals surface area contributed by atoms with Gasteiger partial charge in [-0.3, -0.25) is 14.4 Å². The number of carbonyl (C=O) groups excluding carboxylic acids is 2. The second kappa shape index (κ2) is 26.1. The first-order chi connectivity index (χ1) is 32.0. The average Bonchev–Trinajstić information content (AvgIpc) is 4.14. The fourth-order valence-electron chi connectivity index (χ4n) is 6.69. The Morgan fingerprint density at radius 2 is 1.16 bits per heavy atom. The number of hydrogen-bond acceptors (Lipinski definition) is 15. The molecule has 2 aliphatic rings. The van der Waals surface area contributed by atoms with Gasteiger partial charge in [0.1, 0.15) is 5.84 Å². The van der Waals surface area contributed by atoms with Crippen LogP contribution in [0.2, 0.25) is 0 Å². The average molecular weight is 978 g/mol. The maximum absolute atomic E-state index is 13.5. The molecule has 0 saturated carbocycles. The van der Waals surface area contributed by atoms with Gasteiger partial charge in [-0.25, -0.2) is 5.90 Å². The number of likely N-dealkylation sites (tertiary alicyclic amines) is 2. The summed E-state index contributed by atoms with van der Waals surface area (Å²) in [6.45, 7) is 22.3. The second-order valence-corrected chi connectivity index (χ2v) is 19.5. The number of nitrogens with zero attached hydrogens (tertiary/aromatic N) is 12. The molecule has 2 saturated heterocycles. The van der Waals surface area contributed by atoms with E-state index >= 15 is 0 Å². The van der Waals surface area contributed by atoms with Gasteiger partial charge in [-0.1, -0.05) is 76.1 Å². The number of carboxylic acid groups (broad SMARTS) is 1. The molecule has 22 heteroatoms. The van der Waals surface area contributed by atoms with Crippen molar-refractivity contribution in [2.24, 2.45) is 33.5 Å². The number of nitriles is 1. The normalized spacial score (nSPS) is 18.1. The first kappa shape index (κ1) is 58.4. The highest BCUT2D eigenvalue weighted by Crippen LogP contribution is 2.32. The van der Waals surface area contributed by atoms with Crippen molar-refractivity contribution < 1.29 is 34.4 Å². The fourth-order valence-corrected chi connectivity index (χ4v) is 6.69. The topological polar surface area (TPSA) is 307 Å².